The van der Waals surface area contributed by atoms with Crippen LogP contribution in [0.3, 0.4) is 0 Å². The van der Waals surface area contributed by atoms with E-state index in [4.69, 9.17) is 9.15 Å². The lowest BCUT2D eigenvalue weighted by Crippen LogP contribution is -2.32. The first-order chi connectivity index (χ1) is 10.1. The molecule has 1 aliphatic rings. The van der Waals surface area contributed by atoms with Crippen LogP contribution in [0.5, 0.6) is 0 Å². The number of aryl methyl sites for hydroxylation is 1. The molecule has 1 aliphatic carbocycles. The molecule has 21 heavy (non-hydrogen) atoms. The molecule has 1 saturated carbocycles. The molecule has 1 aromatic rings. The average Bonchev–Trinajstić information content (AvgIpc) is 2.87. The Balaban J connectivity index is 1.80. The highest BCUT2D eigenvalue weighted by molar-refractivity contribution is 5.90. The summed E-state index contributed by atoms with van der Waals surface area (Å²) in [6.45, 7) is 4.75. The first-order valence-corrected chi connectivity index (χ1v) is 8.05. The van der Waals surface area contributed by atoms with Crippen LogP contribution in [0.2, 0.25) is 0 Å². The standard InChI is InChI=1S/C17H27NO3/c1-4-5-13-6-8-14(9-7-13)18-11-15-10-16(12(2)21-15)17(19)20-3/h10,13-14,18H,4-9,11H2,1-3H3. The molecule has 118 valence electrons. The third kappa shape index (κ3) is 4.34. The summed E-state index contributed by atoms with van der Waals surface area (Å²) in [5.41, 5.74) is 0.529. The van der Waals surface area contributed by atoms with Crippen molar-refractivity contribution in [3.05, 3.63) is 23.2 Å². The Morgan fingerprint density at radius 1 is 1.38 bits per heavy atom. The number of hydrogen-bond donors (Lipinski definition) is 1. The van der Waals surface area contributed by atoms with E-state index < -0.39 is 0 Å². The number of ether oxygens (including phenoxy) is 1. The summed E-state index contributed by atoms with van der Waals surface area (Å²) in [6.07, 6.45) is 7.81. The van der Waals surface area contributed by atoms with Crippen molar-refractivity contribution < 1.29 is 13.9 Å². The van der Waals surface area contributed by atoms with Crippen molar-refractivity contribution in [1.29, 1.82) is 0 Å². The van der Waals surface area contributed by atoms with Crippen molar-refractivity contribution in [3.8, 4) is 0 Å². The maximum Gasteiger partial charge on any atom is 0.341 e. The second kappa shape index (κ2) is 7.64. The Labute approximate surface area is 127 Å². The van der Waals surface area contributed by atoms with Gasteiger partial charge in [0.2, 0.25) is 0 Å². The Kier molecular flexibility index (Phi) is 5.85. The van der Waals surface area contributed by atoms with Gasteiger partial charge < -0.3 is 14.5 Å². The fraction of sp³-hybridized carbons (Fsp3) is 0.706. The van der Waals surface area contributed by atoms with Crippen LogP contribution in [0.4, 0.5) is 0 Å². The van der Waals surface area contributed by atoms with Crippen molar-refractivity contribution in [2.24, 2.45) is 5.92 Å². The van der Waals surface area contributed by atoms with Gasteiger partial charge in [-0.1, -0.05) is 19.8 Å². The zero-order valence-corrected chi connectivity index (χ0v) is 13.4. The zero-order chi connectivity index (χ0) is 15.2. The Morgan fingerprint density at radius 3 is 2.71 bits per heavy atom. The molecule has 0 spiro atoms. The number of nitrogens with one attached hydrogen (secondary N) is 1. The molecule has 0 unspecified atom stereocenters. The molecule has 1 aromatic heterocycles. The highest BCUT2D eigenvalue weighted by Crippen LogP contribution is 2.28. The summed E-state index contributed by atoms with van der Waals surface area (Å²) >= 11 is 0. The van der Waals surface area contributed by atoms with E-state index >= 15 is 0 Å². The van der Waals surface area contributed by atoms with Crippen LogP contribution >= 0.6 is 0 Å². The second-order valence-electron chi connectivity index (χ2n) is 6.06. The first-order valence-electron chi connectivity index (χ1n) is 8.05. The number of carbonyl (C=O) groups excluding carboxylic acids is 1. The normalized spacial score (nSPS) is 22.2. The summed E-state index contributed by atoms with van der Waals surface area (Å²) in [5.74, 6) is 2.03. The molecule has 1 N–H and O–H groups in total. The molecule has 0 aliphatic heterocycles. The summed E-state index contributed by atoms with van der Waals surface area (Å²) in [6, 6.07) is 2.36. The maximum absolute atomic E-state index is 11.5. The topological polar surface area (TPSA) is 51.5 Å². The molecule has 1 fully saturated rings. The van der Waals surface area contributed by atoms with Gasteiger partial charge in [0.1, 0.15) is 17.1 Å². The lowest BCUT2D eigenvalue weighted by atomic mass is 9.83. The fourth-order valence-electron chi connectivity index (χ4n) is 3.25. The molecular weight excluding hydrogens is 266 g/mol. The monoisotopic (exact) mass is 293 g/mol. The van der Waals surface area contributed by atoms with Gasteiger partial charge in [-0.3, -0.25) is 0 Å². The molecule has 0 amide bonds. The lowest BCUT2D eigenvalue weighted by Gasteiger charge is -2.28. The minimum atomic E-state index is -0.331. The van der Waals surface area contributed by atoms with Crippen LogP contribution in [0.1, 0.15) is 67.3 Å². The molecule has 0 saturated heterocycles. The Bertz CT molecular complexity index is 459. The Morgan fingerprint density at radius 2 is 2.10 bits per heavy atom. The number of carbonyl (C=O) groups is 1. The number of rotatable bonds is 6. The number of esters is 1. The van der Waals surface area contributed by atoms with E-state index in [9.17, 15) is 4.79 Å². The third-order valence-electron chi connectivity index (χ3n) is 4.48. The third-order valence-corrected chi connectivity index (χ3v) is 4.48. The molecule has 0 atom stereocenters. The molecule has 1 heterocycles. The van der Waals surface area contributed by atoms with E-state index in [2.05, 4.69) is 12.2 Å². The number of hydrogen-bond acceptors (Lipinski definition) is 4. The van der Waals surface area contributed by atoms with Crippen molar-refractivity contribution in [1.82, 2.24) is 5.32 Å². The maximum atomic E-state index is 11.5. The molecule has 0 radical (unpaired) electrons. The van der Waals surface area contributed by atoms with Gasteiger partial charge in [0.15, 0.2) is 0 Å². The molecular formula is C17H27NO3. The van der Waals surface area contributed by atoms with E-state index in [0.29, 0.717) is 23.9 Å². The summed E-state index contributed by atoms with van der Waals surface area (Å²) < 4.78 is 10.4. The van der Waals surface area contributed by atoms with Crippen LogP contribution in [-0.4, -0.2) is 19.1 Å². The van der Waals surface area contributed by atoms with Crippen LogP contribution in [0.15, 0.2) is 10.5 Å². The average molecular weight is 293 g/mol. The van der Waals surface area contributed by atoms with Crippen molar-refractivity contribution in [2.45, 2.75) is 65.0 Å². The van der Waals surface area contributed by atoms with Crippen LogP contribution in [0.25, 0.3) is 0 Å². The van der Waals surface area contributed by atoms with E-state index in [1.54, 1.807) is 13.0 Å². The van der Waals surface area contributed by atoms with Gasteiger partial charge in [0, 0.05) is 6.04 Å². The van der Waals surface area contributed by atoms with Crippen molar-refractivity contribution >= 4 is 5.97 Å². The Hall–Kier alpha value is -1.29. The summed E-state index contributed by atoms with van der Waals surface area (Å²) in [4.78, 5) is 11.5. The minimum absolute atomic E-state index is 0.331. The predicted octanol–water partition coefficient (Wildman–Crippen LogP) is 3.82. The fourth-order valence-corrected chi connectivity index (χ4v) is 3.25. The predicted molar refractivity (Wildman–Crippen MR) is 82.3 cm³/mol. The van der Waals surface area contributed by atoms with Crippen LogP contribution in [-0.2, 0) is 11.3 Å². The van der Waals surface area contributed by atoms with E-state index in [1.807, 2.05) is 0 Å². The van der Waals surface area contributed by atoms with Gasteiger partial charge in [-0.2, -0.15) is 0 Å². The zero-order valence-electron chi connectivity index (χ0n) is 13.4. The van der Waals surface area contributed by atoms with Crippen molar-refractivity contribution in [2.75, 3.05) is 7.11 Å². The van der Waals surface area contributed by atoms with Gasteiger partial charge in [0.25, 0.3) is 0 Å². The molecule has 0 bridgehead atoms. The first kappa shape index (κ1) is 16.1. The minimum Gasteiger partial charge on any atom is -0.465 e. The van der Waals surface area contributed by atoms with Gasteiger partial charge >= 0.3 is 5.97 Å². The lowest BCUT2D eigenvalue weighted by molar-refractivity contribution is 0.0599. The van der Waals surface area contributed by atoms with Crippen molar-refractivity contribution in [3.63, 3.8) is 0 Å². The van der Waals surface area contributed by atoms with Gasteiger partial charge in [-0.25, -0.2) is 4.79 Å². The highest BCUT2D eigenvalue weighted by Gasteiger charge is 2.21. The number of methoxy groups -OCH3 is 1. The molecule has 2 rings (SSSR count). The van der Waals surface area contributed by atoms with E-state index in [1.165, 1.54) is 45.6 Å². The molecule has 0 aromatic carbocycles. The van der Waals surface area contributed by atoms with Crippen LogP contribution in [0, 0.1) is 12.8 Å². The van der Waals surface area contributed by atoms with Gasteiger partial charge in [-0.15, -0.1) is 0 Å². The largest absolute Gasteiger partial charge is 0.465 e. The molecule has 4 heteroatoms. The van der Waals surface area contributed by atoms with Gasteiger partial charge in [0.05, 0.1) is 13.7 Å². The molecule has 4 nitrogen and oxygen atoms in total. The number of furan rings is 1. The summed E-state index contributed by atoms with van der Waals surface area (Å²) in [5, 5.41) is 3.55. The quantitative estimate of drug-likeness (QED) is 0.810. The van der Waals surface area contributed by atoms with E-state index in [-0.39, 0.29) is 5.97 Å². The van der Waals surface area contributed by atoms with Gasteiger partial charge in [-0.05, 0) is 44.6 Å². The SMILES string of the molecule is CCCC1CCC(NCc2cc(C(=O)OC)c(C)o2)CC1. The smallest absolute Gasteiger partial charge is 0.341 e. The summed E-state index contributed by atoms with van der Waals surface area (Å²) in [7, 11) is 1.39. The van der Waals surface area contributed by atoms with E-state index in [0.717, 1.165) is 11.7 Å². The second-order valence-corrected chi connectivity index (χ2v) is 6.06. The van der Waals surface area contributed by atoms with Crippen LogP contribution < -0.4 is 5.32 Å². The highest BCUT2D eigenvalue weighted by atomic mass is 16.5.